The Morgan fingerprint density at radius 3 is 2.66 bits per heavy atom. The minimum atomic E-state index is -0.242. The zero-order valence-corrected chi connectivity index (χ0v) is 23.7. The molecule has 4 nitrogen and oxygen atoms in total. The van der Waals surface area contributed by atoms with E-state index in [0.29, 0.717) is 17.4 Å². The van der Waals surface area contributed by atoms with Gasteiger partial charge in [0.25, 0.3) is 0 Å². The predicted molar refractivity (Wildman–Crippen MR) is 145 cm³/mol. The molecule has 35 heavy (non-hydrogen) atoms. The fourth-order valence-corrected chi connectivity index (χ4v) is 8.83. The lowest BCUT2D eigenvalue weighted by atomic mass is 9.47. The molecular weight excluding hydrogens is 432 g/mol. The summed E-state index contributed by atoms with van der Waals surface area (Å²) in [4.78, 5) is 14.4. The molecule has 0 saturated heterocycles. The summed E-state index contributed by atoms with van der Waals surface area (Å²) in [5.41, 5.74) is 2.50. The quantitative estimate of drug-likeness (QED) is 0.272. The van der Waals surface area contributed by atoms with Crippen LogP contribution in [0.4, 0.5) is 4.79 Å². The first-order valence-electron chi connectivity index (χ1n) is 14.9. The van der Waals surface area contributed by atoms with E-state index in [-0.39, 0.29) is 12.2 Å². The maximum atomic E-state index is 12.3. The number of hydrogen-bond donors (Lipinski definition) is 1. The van der Waals surface area contributed by atoms with Crippen molar-refractivity contribution in [2.75, 3.05) is 27.2 Å². The lowest BCUT2D eigenvalue weighted by Gasteiger charge is -2.58. The minimum absolute atomic E-state index is 0.0424. The summed E-state index contributed by atoms with van der Waals surface area (Å²) in [6.07, 6.45) is 18.3. The SMILES string of the molecule is CC(C)CCCC[C@H]1CC[C@H]2[C@@H]3CC=C4C[C@@H](OC(=O)NCCN(C)C)CC[C@]4(C)[C@H]3CC[C@]12C. The second-order valence-corrected chi connectivity index (χ2v) is 13.8. The molecule has 4 rings (SSSR count). The van der Waals surface area contributed by atoms with Crippen molar-refractivity contribution in [3.8, 4) is 0 Å². The zero-order chi connectivity index (χ0) is 25.2. The van der Waals surface area contributed by atoms with Crippen molar-refractivity contribution in [1.29, 1.82) is 0 Å². The normalized spacial score (nSPS) is 38.5. The minimum Gasteiger partial charge on any atom is -0.446 e. The topological polar surface area (TPSA) is 41.6 Å². The number of rotatable bonds is 9. The number of amides is 1. The van der Waals surface area contributed by atoms with Crippen LogP contribution in [0.3, 0.4) is 0 Å². The van der Waals surface area contributed by atoms with E-state index in [4.69, 9.17) is 4.74 Å². The summed E-state index contributed by atoms with van der Waals surface area (Å²) < 4.78 is 5.85. The van der Waals surface area contributed by atoms with Crippen LogP contribution in [0.15, 0.2) is 11.6 Å². The van der Waals surface area contributed by atoms with Gasteiger partial charge in [0, 0.05) is 19.5 Å². The van der Waals surface area contributed by atoms with E-state index in [1.165, 1.54) is 64.2 Å². The number of nitrogens with one attached hydrogen (secondary N) is 1. The Labute approximate surface area is 216 Å². The summed E-state index contributed by atoms with van der Waals surface area (Å²) in [6, 6.07) is 0. The highest BCUT2D eigenvalue weighted by molar-refractivity contribution is 5.67. The molecule has 0 aromatic heterocycles. The van der Waals surface area contributed by atoms with Crippen LogP contribution in [0.25, 0.3) is 0 Å². The van der Waals surface area contributed by atoms with Crippen molar-refractivity contribution in [1.82, 2.24) is 10.2 Å². The number of nitrogens with zero attached hydrogens (tertiary/aromatic N) is 1. The zero-order valence-electron chi connectivity index (χ0n) is 23.7. The van der Waals surface area contributed by atoms with Crippen LogP contribution in [0.5, 0.6) is 0 Å². The highest BCUT2D eigenvalue weighted by Gasteiger charge is 2.58. The Balaban J connectivity index is 1.35. The van der Waals surface area contributed by atoms with Gasteiger partial charge in [-0.1, -0.05) is 58.6 Å². The first-order valence-corrected chi connectivity index (χ1v) is 14.9. The summed E-state index contributed by atoms with van der Waals surface area (Å²) in [5, 5.41) is 2.92. The van der Waals surface area contributed by atoms with E-state index in [0.717, 1.165) is 49.0 Å². The number of carbonyl (C=O) groups excluding carboxylic acids is 1. The van der Waals surface area contributed by atoms with Crippen molar-refractivity contribution in [2.45, 2.75) is 111 Å². The van der Waals surface area contributed by atoms with Crippen molar-refractivity contribution in [3.63, 3.8) is 0 Å². The van der Waals surface area contributed by atoms with Crippen LogP contribution in [-0.2, 0) is 4.74 Å². The average molecular weight is 487 g/mol. The third-order valence-corrected chi connectivity index (χ3v) is 10.9. The molecule has 1 amide bonds. The predicted octanol–water partition coefficient (Wildman–Crippen LogP) is 7.44. The second-order valence-electron chi connectivity index (χ2n) is 13.8. The van der Waals surface area contributed by atoms with E-state index in [1.54, 1.807) is 5.57 Å². The standard InChI is InChI=1S/C31H54N2O2/c1-22(2)9-7-8-10-23-12-14-27-26-13-11-24-21-25(35-29(34)32-19-20-33(5)6)15-17-31(24,4)28(26)16-18-30(23,27)3/h11,22-23,25-28H,7-10,12-21H2,1-6H3,(H,32,34)/t23-,25-,26-,27-,28-,30+,31-/m0/s1. The number of ether oxygens (including phenoxy) is 1. The summed E-state index contributed by atoms with van der Waals surface area (Å²) >= 11 is 0. The van der Waals surface area contributed by atoms with E-state index in [2.05, 4.69) is 44.0 Å². The number of allylic oxidation sites excluding steroid dienone is 1. The summed E-state index contributed by atoms with van der Waals surface area (Å²) in [5.74, 6) is 4.42. The van der Waals surface area contributed by atoms with E-state index >= 15 is 0 Å². The first kappa shape index (κ1) is 27.0. The van der Waals surface area contributed by atoms with Crippen molar-refractivity contribution in [2.24, 2.45) is 40.4 Å². The molecule has 4 aliphatic rings. The van der Waals surface area contributed by atoms with E-state index < -0.39 is 0 Å². The van der Waals surface area contributed by atoms with Gasteiger partial charge in [-0.05, 0) is 106 Å². The highest BCUT2D eigenvalue weighted by Crippen LogP contribution is 2.66. The van der Waals surface area contributed by atoms with Crippen LogP contribution < -0.4 is 5.32 Å². The number of likely N-dealkylation sites (N-methyl/N-ethyl adjacent to an activating group) is 1. The highest BCUT2D eigenvalue weighted by atomic mass is 16.6. The molecule has 0 aromatic rings. The van der Waals surface area contributed by atoms with Crippen molar-refractivity contribution >= 4 is 6.09 Å². The molecule has 0 radical (unpaired) electrons. The Morgan fingerprint density at radius 2 is 1.91 bits per heavy atom. The van der Waals surface area contributed by atoms with Crippen LogP contribution in [0.1, 0.15) is 105 Å². The van der Waals surface area contributed by atoms with Crippen LogP contribution in [-0.4, -0.2) is 44.3 Å². The van der Waals surface area contributed by atoms with Gasteiger partial charge in [0.05, 0.1) is 0 Å². The molecule has 7 atom stereocenters. The van der Waals surface area contributed by atoms with E-state index in [1.807, 2.05) is 14.1 Å². The molecule has 0 spiro atoms. The molecule has 0 aromatic carbocycles. The van der Waals surface area contributed by atoms with Gasteiger partial charge in [-0.3, -0.25) is 0 Å². The van der Waals surface area contributed by atoms with Gasteiger partial charge in [0.15, 0.2) is 0 Å². The van der Waals surface area contributed by atoms with Gasteiger partial charge in [-0.15, -0.1) is 0 Å². The summed E-state index contributed by atoms with van der Waals surface area (Å²) in [7, 11) is 4.04. The van der Waals surface area contributed by atoms with E-state index in [9.17, 15) is 4.79 Å². The van der Waals surface area contributed by atoms with Crippen LogP contribution in [0.2, 0.25) is 0 Å². The fraction of sp³-hybridized carbons (Fsp3) is 0.903. The molecule has 3 fully saturated rings. The van der Waals surface area contributed by atoms with Gasteiger partial charge in [0.1, 0.15) is 6.10 Å². The average Bonchev–Trinajstić information content (AvgIpc) is 3.13. The first-order chi connectivity index (χ1) is 16.6. The molecule has 200 valence electrons. The van der Waals surface area contributed by atoms with Gasteiger partial charge < -0.3 is 15.0 Å². The Bertz CT molecular complexity index is 761. The molecule has 0 heterocycles. The molecule has 1 N–H and O–H groups in total. The molecule has 3 saturated carbocycles. The molecule has 0 bridgehead atoms. The monoisotopic (exact) mass is 486 g/mol. The number of alkyl carbamates (subject to hydrolysis) is 1. The van der Waals surface area contributed by atoms with Gasteiger partial charge in [-0.2, -0.15) is 0 Å². The number of hydrogen-bond acceptors (Lipinski definition) is 3. The fourth-order valence-electron chi connectivity index (χ4n) is 8.83. The summed E-state index contributed by atoms with van der Waals surface area (Å²) in [6.45, 7) is 11.4. The Kier molecular flexibility index (Phi) is 8.61. The van der Waals surface area contributed by atoms with Crippen molar-refractivity contribution in [3.05, 3.63) is 11.6 Å². The Morgan fingerprint density at radius 1 is 1.11 bits per heavy atom. The number of unbranched alkanes of at least 4 members (excludes halogenated alkanes) is 1. The second kappa shape index (κ2) is 11.2. The third kappa shape index (κ3) is 5.78. The van der Waals surface area contributed by atoms with Gasteiger partial charge >= 0.3 is 6.09 Å². The molecule has 4 aliphatic carbocycles. The smallest absolute Gasteiger partial charge is 0.407 e. The number of fused-ring (bicyclic) bond motifs is 5. The third-order valence-electron chi connectivity index (χ3n) is 10.9. The lowest BCUT2D eigenvalue weighted by Crippen LogP contribution is -2.50. The largest absolute Gasteiger partial charge is 0.446 e. The molecular formula is C31H54N2O2. The van der Waals surface area contributed by atoms with Crippen LogP contribution in [0, 0.1) is 40.4 Å². The van der Waals surface area contributed by atoms with Gasteiger partial charge in [-0.25, -0.2) is 4.79 Å². The maximum absolute atomic E-state index is 12.3. The lowest BCUT2D eigenvalue weighted by molar-refractivity contribution is -0.0519. The van der Waals surface area contributed by atoms with Gasteiger partial charge in [0.2, 0.25) is 0 Å². The molecule has 0 unspecified atom stereocenters. The molecule has 4 heteroatoms. The number of carbonyl (C=O) groups is 1. The molecule has 0 aliphatic heterocycles. The Hall–Kier alpha value is -1.03. The van der Waals surface area contributed by atoms with Crippen molar-refractivity contribution < 1.29 is 9.53 Å². The van der Waals surface area contributed by atoms with Crippen LogP contribution >= 0.6 is 0 Å². The maximum Gasteiger partial charge on any atom is 0.407 e.